The first-order valence-electron chi connectivity index (χ1n) is 6.44. The molecule has 1 atom stereocenters. The quantitative estimate of drug-likeness (QED) is 0.648. The molecule has 0 spiro atoms. The van der Waals surface area contributed by atoms with Crippen molar-refractivity contribution in [2.24, 2.45) is 0 Å². The highest BCUT2D eigenvalue weighted by Gasteiger charge is 2.09. The fraction of sp³-hybridized carbons (Fsp3) is 0.133. The summed E-state index contributed by atoms with van der Waals surface area (Å²) >= 11 is 0. The Morgan fingerprint density at radius 3 is 2.38 bits per heavy atom. The molecule has 2 aromatic carbocycles. The third-order valence-electron chi connectivity index (χ3n) is 2.91. The SMILES string of the molecule is CC(=O)Nc1cc([NH+]([O-])O)ccc1Nc1ccc(C)cc1. The van der Waals surface area contributed by atoms with Gasteiger partial charge in [0.1, 0.15) is 0 Å². The van der Waals surface area contributed by atoms with Crippen molar-refractivity contribution in [1.29, 1.82) is 0 Å². The zero-order chi connectivity index (χ0) is 15.4. The van der Waals surface area contributed by atoms with Crippen LogP contribution in [0.1, 0.15) is 12.5 Å². The van der Waals surface area contributed by atoms with Crippen molar-refractivity contribution in [2.45, 2.75) is 13.8 Å². The van der Waals surface area contributed by atoms with E-state index in [2.05, 4.69) is 10.6 Å². The van der Waals surface area contributed by atoms with Crippen LogP contribution in [0.15, 0.2) is 42.5 Å². The third-order valence-corrected chi connectivity index (χ3v) is 2.91. The normalized spacial score (nSPS) is 11.8. The number of nitrogens with one attached hydrogen (secondary N) is 3. The molecule has 0 saturated heterocycles. The van der Waals surface area contributed by atoms with Gasteiger partial charge >= 0.3 is 0 Å². The van der Waals surface area contributed by atoms with Gasteiger partial charge in [0.25, 0.3) is 0 Å². The Balaban J connectivity index is 2.32. The number of aryl methyl sites for hydroxylation is 1. The lowest BCUT2D eigenvalue weighted by atomic mass is 10.2. The van der Waals surface area contributed by atoms with Gasteiger partial charge in [0.05, 0.1) is 11.4 Å². The number of hydrogen-bond donors (Lipinski definition) is 4. The van der Waals surface area contributed by atoms with Crippen LogP contribution in [0.5, 0.6) is 0 Å². The molecule has 0 saturated carbocycles. The van der Waals surface area contributed by atoms with E-state index in [4.69, 9.17) is 5.21 Å². The van der Waals surface area contributed by atoms with Crippen molar-refractivity contribution in [3.63, 3.8) is 0 Å². The first-order valence-corrected chi connectivity index (χ1v) is 6.44. The molecular weight excluding hydrogens is 270 g/mol. The standard InChI is InChI=1S/C15H17N3O3/c1-10-3-5-12(6-4-10)17-14-8-7-13(18(20)21)9-15(14)16-11(2)19/h3-9,17-18,20H,1-2H3,(H,16,19). The zero-order valence-corrected chi connectivity index (χ0v) is 11.8. The number of carbonyl (C=O) groups excluding carboxylic acids is 1. The Morgan fingerprint density at radius 2 is 1.81 bits per heavy atom. The van der Waals surface area contributed by atoms with Crippen LogP contribution >= 0.6 is 0 Å². The maximum Gasteiger partial charge on any atom is 0.221 e. The summed E-state index contributed by atoms with van der Waals surface area (Å²) < 4.78 is 0. The number of hydrogen-bond acceptors (Lipinski definition) is 4. The van der Waals surface area contributed by atoms with Crippen LogP contribution in [-0.4, -0.2) is 11.1 Å². The molecule has 6 nitrogen and oxygen atoms in total. The Labute approximate surface area is 122 Å². The summed E-state index contributed by atoms with van der Waals surface area (Å²) in [5, 5.41) is 24.8. The largest absolute Gasteiger partial charge is 0.595 e. The second kappa shape index (κ2) is 6.36. The summed E-state index contributed by atoms with van der Waals surface area (Å²) in [6.07, 6.45) is 0. The molecule has 0 aliphatic carbocycles. The van der Waals surface area contributed by atoms with Crippen molar-refractivity contribution in [3.05, 3.63) is 53.2 Å². The second-order valence-electron chi connectivity index (χ2n) is 4.74. The molecule has 0 fully saturated rings. The van der Waals surface area contributed by atoms with Gasteiger partial charge in [-0.25, -0.2) is 5.21 Å². The van der Waals surface area contributed by atoms with E-state index in [-0.39, 0.29) is 11.6 Å². The van der Waals surface area contributed by atoms with Gasteiger partial charge in [0.15, 0.2) is 5.69 Å². The average Bonchev–Trinajstić information content (AvgIpc) is 2.42. The van der Waals surface area contributed by atoms with Crippen molar-refractivity contribution in [3.8, 4) is 0 Å². The topological polar surface area (TPSA) is 88.9 Å². The number of anilines is 3. The summed E-state index contributed by atoms with van der Waals surface area (Å²) in [6.45, 7) is 3.37. The van der Waals surface area contributed by atoms with E-state index in [1.807, 2.05) is 31.2 Å². The van der Waals surface area contributed by atoms with Crippen molar-refractivity contribution >= 4 is 28.7 Å². The Hall–Kier alpha value is -2.41. The van der Waals surface area contributed by atoms with Crippen LogP contribution in [0.3, 0.4) is 0 Å². The van der Waals surface area contributed by atoms with Crippen LogP contribution in [0.4, 0.5) is 22.7 Å². The van der Waals surface area contributed by atoms with Crippen LogP contribution in [0, 0.1) is 12.1 Å². The number of carbonyl (C=O) groups is 1. The molecule has 0 aromatic heterocycles. The van der Waals surface area contributed by atoms with E-state index in [0.29, 0.717) is 11.4 Å². The maximum absolute atomic E-state index is 11.3. The van der Waals surface area contributed by atoms with Crippen LogP contribution < -0.4 is 15.9 Å². The number of rotatable bonds is 4. The third kappa shape index (κ3) is 4.03. The minimum absolute atomic E-state index is 0.119. The molecule has 0 bridgehead atoms. The molecule has 0 heterocycles. The fourth-order valence-corrected chi connectivity index (χ4v) is 1.87. The predicted octanol–water partition coefficient (Wildman–Crippen LogP) is 2.10. The van der Waals surface area contributed by atoms with Crippen molar-refractivity contribution < 1.29 is 15.2 Å². The average molecular weight is 287 g/mol. The molecule has 21 heavy (non-hydrogen) atoms. The van der Waals surface area contributed by atoms with Gasteiger partial charge in [-0.15, -0.1) is 0 Å². The van der Waals surface area contributed by atoms with Crippen molar-refractivity contribution in [1.82, 2.24) is 0 Å². The highest BCUT2D eigenvalue weighted by atomic mass is 16.8. The molecule has 2 rings (SSSR count). The first kappa shape index (κ1) is 15.0. The van der Waals surface area contributed by atoms with E-state index in [0.717, 1.165) is 11.3 Å². The van der Waals surface area contributed by atoms with Gasteiger partial charge in [-0.05, 0) is 25.1 Å². The fourth-order valence-electron chi connectivity index (χ4n) is 1.87. The molecule has 6 heteroatoms. The first-order chi connectivity index (χ1) is 9.95. The molecule has 2 aromatic rings. The lowest BCUT2D eigenvalue weighted by Gasteiger charge is -2.16. The molecule has 0 aliphatic heterocycles. The Bertz CT molecular complexity index is 639. The molecular formula is C15H17N3O3. The maximum atomic E-state index is 11.3. The number of quaternary nitrogens is 1. The molecule has 1 unspecified atom stereocenters. The minimum Gasteiger partial charge on any atom is -0.595 e. The van der Waals surface area contributed by atoms with Crippen LogP contribution in [0.2, 0.25) is 0 Å². The van der Waals surface area contributed by atoms with Gasteiger partial charge in [-0.2, -0.15) is 5.23 Å². The summed E-state index contributed by atoms with van der Waals surface area (Å²) in [4.78, 5) is 11.3. The summed E-state index contributed by atoms with van der Waals surface area (Å²) in [7, 11) is 0. The summed E-state index contributed by atoms with van der Waals surface area (Å²) in [6, 6.07) is 12.3. The smallest absolute Gasteiger partial charge is 0.221 e. The lowest BCUT2D eigenvalue weighted by molar-refractivity contribution is -0.991. The zero-order valence-electron chi connectivity index (χ0n) is 11.8. The van der Waals surface area contributed by atoms with E-state index in [1.54, 1.807) is 6.07 Å². The van der Waals surface area contributed by atoms with Gasteiger partial charge in [-0.3, -0.25) is 4.79 Å². The molecule has 4 N–H and O–H groups in total. The Morgan fingerprint density at radius 1 is 1.14 bits per heavy atom. The highest BCUT2D eigenvalue weighted by molar-refractivity contribution is 5.94. The molecule has 110 valence electrons. The monoisotopic (exact) mass is 287 g/mol. The van der Waals surface area contributed by atoms with E-state index in [1.165, 1.54) is 19.1 Å². The van der Waals surface area contributed by atoms with E-state index in [9.17, 15) is 10.0 Å². The number of benzene rings is 2. The lowest BCUT2D eigenvalue weighted by Crippen LogP contribution is -2.99. The minimum atomic E-state index is -1.04. The van der Waals surface area contributed by atoms with Gasteiger partial charge in [-0.1, -0.05) is 17.7 Å². The summed E-state index contributed by atoms with van der Waals surface area (Å²) in [5.74, 6) is -0.260. The Kier molecular flexibility index (Phi) is 4.54. The molecule has 1 amide bonds. The predicted molar refractivity (Wildman–Crippen MR) is 81.0 cm³/mol. The van der Waals surface area contributed by atoms with Crippen LogP contribution in [0.25, 0.3) is 0 Å². The van der Waals surface area contributed by atoms with Crippen LogP contribution in [-0.2, 0) is 4.79 Å². The highest BCUT2D eigenvalue weighted by Crippen LogP contribution is 2.27. The summed E-state index contributed by atoms with van der Waals surface area (Å²) in [5.41, 5.74) is 3.19. The van der Waals surface area contributed by atoms with Gasteiger partial charge in [0, 0.05) is 24.7 Å². The van der Waals surface area contributed by atoms with E-state index >= 15 is 0 Å². The van der Waals surface area contributed by atoms with Gasteiger partial charge < -0.3 is 15.8 Å². The van der Waals surface area contributed by atoms with Crippen molar-refractivity contribution in [2.75, 3.05) is 10.6 Å². The van der Waals surface area contributed by atoms with E-state index < -0.39 is 5.23 Å². The van der Waals surface area contributed by atoms with Gasteiger partial charge in [0.2, 0.25) is 5.91 Å². The molecule has 0 aliphatic rings. The second-order valence-corrected chi connectivity index (χ2v) is 4.74. The number of amides is 1. The molecule has 0 radical (unpaired) electrons.